The monoisotopic (exact) mass is 382 g/mol. The Morgan fingerprint density at radius 3 is 2.96 bits per heavy atom. The van der Waals surface area contributed by atoms with Crippen LogP contribution in [-0.4, -0.2) is 40.3 Å². The van der Waals surface area contributed by atoms with Gasteiger partial charge >= 0.3 is 0 Å². The average molecular weight is 382 g/mol. The Balaban J connectivity index is 1.77. The first-order valence-electron chi connectivity index (χ1n) is 8.68. The third-order valence-electron chi connectivity index (χ3n) is 4.81. The van der Waals surface area contributed by atoms with E-state index in [4.69, 9.17) is 0 Å². The molecule has 7 nitrogen and oxygen atoms in total. The molecule has 2 atom stereocenters. The number of nitrogens with zero attached hydrogens (tertiary/aromatic N) is 5. The van der Waals surface area contributed by atoms with Gasteiger partial charge in [-0.05, 0) is 29.8 Å². The van der Waals surface area contributed by atoms with E-state index in [0.717, 1.165) is 6.07 Å². The van der Waals surface area contributed by atoms with Crippen LogP contribution in [0.3, 0.4) is 0 Å². The van der Waals surface area contributed by atoms with E-state index in [1.807, 2.05) is 6.07 Å². The van der Waals surface area contributed by atoms with Gasteiger partial charge in [0.2, 0.25) is 0 Å². The molecule has 0 radical (unpaired) electrons. The second kappa shape index (κ2) is 6.88. The highest BCUT2D eigenvalue weighted by atomic mass is 19.1. The van der Waals surface area contributed by atoms with Gasteiger partial charge in [-0.1, -0.05) is 0 Å². The molecule has 1 aliphatic rings. The van der Waals surface area contributed by atoms with Crippen molar-refractivity contribution in [2.45, 2.75) is 18.6 Å². The standard InChI is InChI=1S/C19H16F2N6O/c1-23-19(28)12-4-11(5-14(20)6-12)16-7-15(21)10-26(16)17-2-3-27-18(25-17)13(8-22)9-24-27/h2-6,9,15-16H,7,10H2,1H3,(H,23,28)/t15-,16+/m0/s1. The number of nitrogens with one attached hydrogen (secondary N) is 1. The van der Waals surface area contributed by atoms with Gasteiger partial charge in [-0.3, -0.25) is 4.79 Å². The maximum absolute atomic E-state index is 14.3. The largest absolute Gasteiger partial charge is 0.355 e. The number of alkyl halides is 1. The van der Waals surface area contributed by atoms with Crippen molar-refractivity contribution >= 4 is 17.4 Å². The van der Waals surface area contributed by atoms with E-state index >= 15 is 0 Å². The normalized spacial score (nSPS) is 19.0. The maximum Gasteiger partial charge on any atom is 0.251 e. The van der Waals surface area contributed by atoms with Crippen molar-refractivity contribution in [2.75, 3.05) is 18.5 Å². The highest BCUT2D eigenvalue weighted by molar-refractivity contribution is 5.94. The molecule has 9 heteroatoms. The minimum atomic E-state index is -1.13. The highest BCUT2D eigenvalue weighted by Crippen LogP contribution is 2.37. The Labute approximate surface area is 159 Å². The molecule has 0 spiro atoms. The molecule has 142 valence electrons. The van der Waals surface area contributed by atoms with Crippen LogP contribution in [0.5, 0.6) is 0 Å². The summed E-state index contributed by atoms with van der Waals surface area (Å²) in [7, 11) is 1.46. The summed E-state index contributed by atoms with van der Waals surface area (Å²) in [5.74, 6) is -0.524. The van der Waals surface area contributed by atoms with E-state index in [9.17, 15) is 18.8 Å². The number of fused-ring (bicyclic) bond motifs is 1. The molecular formula is C19H16F2N6O. The Morgan fingerprint density at radius 2 is 2.21 bits per heavy atom. The van der Waals surface area contributed by atoms with Gasteiger partial charge in [0.15, 0.2) is 5.65 Å². The number of amides is 1. The summed E-state index contributed by atoms with van der Waals surface area (Å²) in [6.45, 7) is 0.0791. The van der Waals surface area contributed by atoms with Crippen LogP contribution in [0.15, 0.2) is 36.7 Å². The molecule has 1 N–H and O–H groups in total. The number of benzene rings is 1. The Kier molecular flexibility index (Phi) is 4.39. The van der Waals surface area contributed by atoms with Crippen LogP contribution in [0.1, 0.15) is 33.9 Å². The fraction of sp³-hybridized carbons (Fsp3) is 0.263. The zero-order valence-electron chi connectivity index (χ0n) is 14.9. The minimum Gasteiger partial charge on any atom is -0.355 e. The van der Waals surface area contributed by atoms with Crippen LogP contribution in [-0.2, 0) is 0 Å². The summed E-state index contributed by atoms with van der Waals surface area (Å²) >= 11 is 0. The lowest BCUT2D eigenvalue weighted by Crippen LogP contribution is -2.25. The first-order chi connectivity index (χ1) is 13.5. The third kappa shape index (κ3) is 3.03. The SMILES string of the molecule is CNC(=O)c1cc(F)cc([C@H]2C[C@H](F)CN2c2ccn3ncc(C#N)c3n2)c1. The van der Waals surface area contributed by atoms with Crippen molar-refractivity contribution in [3.05, 3.63) is 59.2 Å². The molecule has 3 aromatic rings. The molecule has 1 aliphatic heterocycles. The topological polar surface area (TPSA) is 86.3 Å². The number of anilines is 1. The Morgan fingerprint density at radius 1 is 1.39 bits per heavy atom. The lowest BCUT2D eigenvalue weighted by atomic mass is 10.0. The van der Waals surface area contributed by atoms with E-state index in [1.54, 1.807) is 23.2 Å². The Hall–Kier alpha value is -3.54. The summed E-state index contributed by atoms with van der Waals surface area (Å²) in [6.07, 6.45) is 2.07. The maximum atomic E-state index is 14.3. The van der Waals surface area contributed by atoms with Gasteiger partial charge in [-0.25, -0.2) is 18.3 Å². The molecule has 1 saturated heterocycles. The molecular weight excluding hydrogens is 366 g/mol. The van der Waals surface area contributed by atoms with Gasteiger partial charge in [0, 0.05) is 25.2 Å². The number of nitriles is 1. The highest BCUT2D eigenvalue weighted by Gasteiger charge is 2.35. The van der Waals surface area contributed by atoms with E-state index in [0.29, 0.717) is 22.6 Å². The summed E-state index contributed by atoms with van der Waals surface area (Å²) in [4.78, 5) is 18.1. The van der Waals surface area contributed by atoms with Crippen molar-refractivity contribution < 1.29 is 13.6 Å². The predicted octanol–water partition coefficient (Wildman–Crippen LogP) is 2.39. The summed E-state index contributed by atoms with van der Waals surface area (Å²) in [5, 5.41) is 15.7. The molecule has 0 bridgehead atoms. The summed E-state index contributed by atoms with van der Waals surface area (Å²) in [5.41, 5.74) is 1.34. The number of aromatic nitrogens is 3. The van der Waals surface area contributed by atoms with E-state index in [2.05, 4.69) is 15.4 Å². The minimum absolute atomic E-state index is 0.0791. The molecule has 4 rings (SSSR count). The van der Waals surface area contributed by atoms with E-state index in [-0.39, 0.29) is 18.5 Å². The van der Waals surface area contributed by atoms with Gasteiger partial charge in [0.1, 0.15) is 29.4 Å². The smallest absolute Gasteiger partial charge is 0.251 e. The molecule has 1 aromatic carbocycles. The molecule has 2 aromatic heterocycles. The van der Waals surface area contributed by atoms with Gasteiger partial charge < -0.3 is 10.2 Å². The van der Waals surface area contributed by atoms with E-state index < -0.39 is 23.9 Å². The quantitative estimate of drug-likeness (QED) is 0.752. The number of carbonyl (C=O) groups is 1. The second-order valence-corrected chi connectivity index (χ2v) is 6.58. The summed E-state index contributed by atoms with van der Waals surface area (Å²) < 4.78 is 29.9. The Bertz CT molecular complexity index is 1110. The van der Waals surface area contributed by atoms with Gasteiger partial charge in [-0.15, -0.1) is 0 Å². The zero-order chi connectivity index (χ0) is 19.8. The predicted molar refractivity (Wildman–Crippen MR) is 97.1 cm³/mol. The van der Waals surface area contributed by atoms with Crippen LogP contribution in [0.25, 0.3) is 5.65 Å². The van der Waals surface area contributed by atoms with Gasteiger partial charge in [0.05, 0.1) is 18.8 Å². The van der Waals surface area contributed by atoms with Crippen molar-refractivity contribution in [1.29, 1.82) is 5.26 Å². The number of hydrogen-bond acceptors (Lipinski definition) is 5. The van der Waals surface area contributed by atoms with Crippen molar-refractivity contribution in [3.8, 4) is 6.07 Å². The second-order valence-electron chi connectivity index (χ2n) is 6.58. The third-order valence-corrected chi connectivity index (χ3v) is 4.81. The molecule has 1 fully saturated rings. The van der Waals surface area contributed by atoms with E-state index in [1.165, 1.54) is 23.8 Å². The van der Waals surface area contributed by atoms with Crippen LogP contribution in [0, 0.1) is 17.1 Å². The molecule has 28 heavy (non-hydrogen) atoms. The molecule has 3 heterocycles. The summed E-state index contributed by atoms with van der Waals surface area (Å²) in [6, 6.07) is 7.22. The first kappa shape index (κ1) is 17.9. The fourth-order valence-electron chi connectivity index (χ4n) is 3.53. The molecule has 0 unspecified atom stereocenters. The van der Waals surface area contributed by atoms with Crippen LogP contribution in [0.4, 0.5) is 14.6 Å². The van der Waals surface area contributed by atoms with Gasteiger partial charge in [0.25, 0.3) is 5.91 Å². The van der Waals surface area contributed by atoms with Crippen molar-refractivity contribution in [1.82, 2.24) is 19.9 Å². The molecule has 0 saturated carbocycles. The molecule has 1 amide bonds. The number of carbonyl (C=O) groups excluding carboxylic acids is 1. The number of halogens is 2. The van der Waals surface area contributed by atoms with Crippen molar-refractivity contribution in [2.24, 2.45) is 0 Å². The lowest BCUT2D eigenvalue weighted by molar-refractivity contribution is 0.0962. The van der Waals surface area contributed by atoms with Crippen LogP contribution >= 0.6 is 0 Å². The lowest BCUT2D eigenvalue weighted by Gasteiger charge is -2.26. The first-order valence-corrected chi connectivity index (χ1v) is 8.68. The van der Waals surface area contributed by atoms with Crippen LogP contribution < -0.4 is 10.2 Å². The zero-order valence-corrected chi connectivity index (χ0v) is 14.9. The fourth-order valence-corrected chi connectivity index (χ4v) is 3.53. The van der Waals surface area contributed by atoms with Crippen molar-refractivity contribution in [3.63, 3.8) is 0 Å². The number of hydrogen-bond donors (Lipinski definition) is 1. The number of rotatable bonds is 3. The average Bonchev–Trinajstić information content (AvgIpc) is 3.29. The van der Waals surface area contributed by atoms with Crippen LogP contribution in [0.2, 0.25) is 0 Å². The van der Waals surface area contributed by atoms with Gasteiger partial charge in [-0.2, -0.15) is 10.4 Å². The molecule has 0 aliphatic carbocycles.